The number of hydrogen-bond donors (Lipinski definition) is 0. The molecule has 4 aromatic heterocycles. The Morgan fingerprint density at radius 3 is 1.61 bits per heavy atom. The number of aromatic nitrogens is 4. The minimum atomic E-state index is 0.637. The third-order valence-corrected chi connectivity index (χ3v) is 12.5. The summed E-state index contributed by atoms with van der Waals surface area (Å²) in [7, 11) is 0. The Hall–Kier alpha value is -6.60. The molecular weight excluding hydrogens is 697 g/mol. The van der Waals surface area contributed by atoms with E-state index in [1.54, 1.807) is 11.3 Å². The summed E-state index contributed by atoms with van der Waals surface area (Å²) < 4.78 is 4.91. The summed E-state index contributed by atoms with van der Waals surface area (Å²) in [6.07, 6.45) is 0. The van der Waals surface area contributed by atoms with Gasteiger partial charge in [0, 0.05) is 63.3 Å². The molecule has 0 N–H and O–H groups in total. The van der Waals surface area contributed by atoms with Crippen molar-refractivity contribution >= 4 is 73.9 Å². The minimum absolute atomic E-state index is 0.637. The fourth-order valence-electron chi connectivity index (χ4n) is 7.55. The van der Waals surface area contributed by atoms with E-state index >= 15 is 0 Å². The maximum atomic E-state index is 5.36. The predicted molar refractivity (Wildman–Crippen MR) is 228 cm³/mol. The molecule has 0 spiro atoms. The molecule has 0 radical (unpaired) electrons. The maximum absolute atomic E-state index is 5.36. The summed E-state index contributed by atoms with van der Waals surface area (Å²) in [5, 5.41) is 6.05. The molecule has 4 heterocycles. The first-order valence-corrected chi connectivity index (χ1v) is 19.5. The number of benzene rings is 7. The lowest BCUT2D eigenvalue weighted by Gasteiger charge is -2.11. The van der Waals surface area contributed by atoms with Crippen LogP contribution in [-0.2, 0) is 0 Å². The zero-order valence-corrected chi connectivity index (χ0v) is 30.4. The van der Waals surface area contributed by atoms with Gasteiger partial charge in [-0.05, 0) is 41.5 Å². The normalized spacial score (nSPS) is 11.7. The van der Waals surface area contributed by atoms with Gasteiger partial charge in [0.15, 0.2) is 17.5 Å². The molecule has 0 saturated heterocycles. The lowest BCUT2D eigenvalue weighted by molar-refractivity contribution is 1.08. The molecule has 4 nitrogen and oxygen atoms in total. The van der Waals surface area contributed by atoms with Crippen molar-refractivity contribution in [2.24, 2.45) is 0 Å². The molecule has 11 rings (SSSR count). The molecule has 0 aliphatic rings. The molecular formula is C48H28N4S2. The Morgan fingerprint density at radius 2 is 0.815 bits per heavy atom. The van der Waals surface area contributed by atoms with Crippen molar-refractivity contribution in [2.75, 3.05) is 0 Å². The molecule has 252 valence electrons. The van der Waals surface area contributed by atoms with Crippen LogP contribution >= 0.6 is 22.7 Å². The third kappa shape index (κ3) is 5.11. The Labute approximate surface area is 318 Å². The lowest BCUT2D eigenvalue weighted by Crippen LogP contribution is -2.00. The largest absolute Gasteiger partial charge is 0.246 e. The van der Waals surface area contributed by atoms with E-state index in [1.165, 1.54) is 40.3 Å². The average molecular weight is 725 g/mol. The summed E-state index contributed by atoms with van der Waals surface area (Å²) in [5.74, 6) is 1.95. The van der Waals surface area contributed by atoms with Crippen LogP contribution in [0.4, 0.5) is 0 Å². The van der Waals surface area contributed by atoms with Gasteiger partial charge in [-0.25, -0.2) is 19.9 Å². The van der Waals surface area contributed by atoms with E-state index in [-0.39, 0.29) is 0 Å². The van der Waals surface area contributed by atoms with E-state index in [0.29, 0.717) is 17.5 Å². The van der Waals surface area contributed by atoms with Crippen molar-refractivity contribution in [3.05, 3.63) is 170 Å². The Balaban J connectivity index is 1.05. The quantitative estimate of drug-likeness (QED) is 0.177. The highest BCUT2D eigenvalue weighted by Gasteiger charge is 2.18. The number of rotatable bonds is 5. The van der Waals surface area contributed by atoms with Crippen LogP contribution in [0.25, 0.3) is 108 Å². The van der Waals surface area contributed by atoms with Crippen molar-refractivity contribution in [2.45, 2.75) is 0 Å². The van der Waals surface area contributed by atoms with Crippen LogP contribution in [0.5, 0.6) is 0 Å². The Morgan fingerprint density at radius 1 is 0.315 bits per heavy atom. The Kier molecular flexibility index (Phi) is 7.18. The van der Waals surface area contributed by atoms with Gasteiger partial charge < -0.3 is 0 Å². The number of hydrogen-bond acceptors (Lipinski definition) is 6. The molecule has 0 aliphatic heterocycles. The van der Waals surface area contributed by atoms with Crippen LogP contribution in [0.15, 0.2) is 170 Å². The molecule has 7 aromatic carbocycles. The second-order valence-electron chi connectivity index (χ2n) is 13.4. The molecule has 0 amide bonds. The number of thiophene rings is 2. The summed E-state index contributed by atoms with van der Waals surface area (Å²) in [4.78, 5) is 20.7. The molecule has 0 unspecified atom stereocenters. The highest BCUT2D eigenvalue weighted by molar-refractivity contribution is 7.27. The van der Waals surface area contributed by atoms with Crippen LogP contribution in [0, 0.1) is 0 Å². The maximum Gasteiger partial charge on any atom is 0.165 e. The zero-order valence-electron chi connectivity index (χ0n) is 28.8. The number of nitrogens with zero attached hydrogens (tertiary/aromatic N) is 4. The molecule has 0 fully saturated rings. The average Bonchev–Trinajstić information content (AvgIpc) is 3.82. The highest BCUT2D eigenvalue weighted by atomic mass is 32.1. The fraction of sp³-hybridized carbons (Fsp3) is 0. The molecule has 0 bridgehead atoms. The van der Waals surface area contributed by atoms with E-state index < -0.39 is 0 Å². The predicted octanol–water partition coefficient (Wildman–Crippen LogP) is 13.5. The number of pyridine rings is 1. The molecule has 11 aromatic rings. The van der Waals surface area contributed by atoms with Crippen LogP contribution in [-0.4, -0.2) is 19.9 Å². The Bertz CT molecular complexity index is 3240. The summed E-state index contributed by atoms with van der Waals surface area (Å²) in [6.45, 7) is 0. The van der Waals surface area contributed by atoms with Crippen LogP contribution < -0.4 is 0 Å². The van der Waals surface area contributed by atoms with Gasteiger partial charge in [0.2, 0.25) is 0 Å². The van der Waals surface area contributed by atoms with Gasteiger partial charge in [-0.2, -0.15) is 0 Å². The van der Waals surface area contributed by atoms with Gasteiger partial charge in [0.1, 0.15) is 0 Å². The lowest BCUT2D eigenvalue weighted by atomic mass is 9.97. The second-order valence-corrected chi connectivity index (χ2v) is 15.5. The number of fused-ring (bicyclic) bond motifs is 8. The van der Waals surface area contributed by atoms with Crippen molar-refractivity contribution in [1.29, 1.82) is 0 Å². The van der Waals surface area contributed by atoms with E-state index in [9.17, 15) is 0 Å². The van der Waals surface area contributed by atoms with Gasteiger partial charge >= 0.3 is 0 Å². The van der Waals surface area contributed by atoms with Crippen LogP contribution in [0.2, 0.25) is 0 Å². The topological polar surface area (TPSA) is 51.6 Å². The smallest absolute Gasteiger partial charge is 0.165 e. The van der Waals surface area contributed by atoms with Gasteiger partial charge in [0.05, 0.1) is 15.9 Å². The molecule has 0 atom stereocenters. The summed E-state index contributed by atoms with van der Waals surface area (Å²) in [5.41, 5.74) is 8.19. The van der Waals surface area contributed by atoms with Crippen molar-refractivity contribution < 1.29 is 0 Å². The minimum Gasteiger partial charge on any atom is -0.246 e. The SMILES string of the molecule is c1ccc(-c2nc(-c3cccc(-c4cccc(-c5nc6c7ccccc7sc6c6ccccc56)c4)c3)nc(-c3cccc4c3sc3ccccc34)n2)cc1. The van der Waals surface area contributed by atoms with Gasteiger partial charge in [-0.3, -0.25) is 0 Å². The van der Waals surface area contributed by atoms with Gasteiger partial charge in [-0.15, -0.1) is 22.7 Å². The van der Waals surface area contributed by atoms with Crippen molar-refractivity contribution in [3.63, 3.8) is 0 Å². The zero-order chi connectivity index (χ0) is 35.6. The van der Waals surface area contributed by atoms with E-state index in [1.807, 2.05) is 29.5 Å². The first-order chi connectivity index (χ1) is 26.7. The van der Waals surface area contributed by atoms with E-state index in [0.717, 1.165) is 50.0 Å². The van der Waals surface area contributed by atoms with E-state index in [4.69, 9.17) is 19.9 Å². The molecule has 6 heteroatoms. The molecule has 0 aliphatic carbocycles. The van der Waals surface area contributed by atoms with Gasteiger partial charge in [0.25, 0.3) is 0 Å². The standard InChI is InChI=1S/C48H28N4S2/c1-2-13-29(14-3-1)46-50-47(52-48(51-46)39-24-12-23-36-34-19-6-8-25-40(34)53-44(36)39)33-18-11-16-31(28-33)30-15-10-17-32(27-30)42-35-20-4-5-21-37(35)45-43(49-42)38-22-7-9-26-41(38)54-45/h1-28H. The van der Waals surface area contributed by atoms with Crippen molar-refractivity contribution in [1.82, 2.24) is 19.9 Å². The van der Waals surface area contributed by atoms with Crippen LogP contribution in [0.3, 0.4) is 0 Å². The summed E-state index contributed by atoms with van der Waals surface area (Å²) >= 11 is 3.60. The second kappa shape index (κ2) is 12.5. The summed E-state index contributed by atoms with van der Waals surface area (Å²) in [6, 6.07) is 59.6. The third-order valence-electron chi connectivity index (χ3n) is 10.1. The monoisotopic (exact) mass is 724 g/mol. The molecule has 0 saturated carbocycles. The first-order valence-electron chi connectivity index (χ1n) is 17.9. The molecule has 54 heavy (non-hydrogen) atoms. The highest BCUT2D eigenvalue weighted by Crippen LogP contribution is 2.42. The first kappa shape index (κ1) is 31.0. The fourth-order valence-corrected chi connectivity index (χ4v) is 9.95. The van der Waals surface area contributed by atoms with Gasteiger partial charge in [-0.1, -0.05) is 140 Å². The van der Waals surface area contributed by atoms with Crippen molar-refractivity contribution in [3.8, 4) is 56.5 Å². The van der Waals surface area contributed by atoms with Crippen LogP contribution in [0.1, 0.15) is 0 Å². The van der Waals surface area contributed by atoms with E-state index in [2.05, 4.69) is 152 Å².